The lowest BCUT2D eigenvalue weighted by atomic mass is 9.83. The highest BCUT2D eigenvalue weighted by Crippen LogP contribution is 2.47. The summed E-state index contributed by atoms with van der Waals surface area (Å²) in [6.07, 6.45) is 1.60. The first-order valence-electron chi connectivity index (χ1n) is 11.0. The van der Waals surface area contributed by atoms with Crippen LogP contribution in [0.4, 0.5) is 5.69 Å². The minimum atomic E-state index is -0.638. The summed E-state index contributed by atoms with van der Waals surface area (Å²) in [6.45, 7) is 3.87. The lowest BCUT2D eigenvalue weighted by molar-refractivity contribution is -0.147. The van der Waals surface area contributed by atoms with Crippen LogP contribution in [-0.2, 0) is 19.7 Å². The first-order chi connectivity index (χ1) is 15.9. The van der Waals surface area contributed by atoms with Crippen molar-refractivity contribution in [2.45, 2.75) is 25.2 Å². The number of carbonyl (C=O) groups is 2. The van der Waals surface area contributed by atoms with E-state index in [4.69, 9.17) is 9.47 Å². The quantitative estimate of drug-likeness (QED) is 0.405. The number of ether oxygens (including phenoxy) is 2. The molecule has 0 saturated heterocycles. The third-order valence-corrected chi connectivity index (χ3v) is 6.51. The number of para-hydroxylation sites is 3. The number of rotatable bonds is 4. The van der Waals surface area contributed by atoms with Crippen LogP contribution in [0.15, 0.2) is 84.6 Å². The molecule has 0 spiro atoms. The fourth-order valence-electron chi connectivity index (χ4n) is 4.84. The van der Waals surface area contributed by atoms with Gasteiger partial charge in [-0.15, -0.1) is 0 Å². The molecule has 3 aromatic rings. The second-order valence-electron chi connectivity index (χ2n) is 8.92. The highest BCUT2D eigenvalue weighted by atomic mass is 16.5. The van der Waals surface area contributed by atoms with Gasteiger partial charge in [0.05, 0.1) is 0 Å². The second-order valence-corrected chi connectivity index (χ2v) is 8.92. The monoisotopic (exact) mass is 439 g/mol. The average molecular weight is 440 g/mol. The molecule has 166 valence electrons. The predicted molar refractivity (Wildman–Crippen MR) is 127 cm³/mol. The van der Waals surface area contributed by atoms with Gasteiger partial charge in [-0.05, 0) is 23.8 Å². The van der Waals surface area contributed by atoms with E-state index in [1.165, 1.54) is 5.56 Å². The molecule has 0 amide bonds. The topological polar surface area (TPSA) is 55.8 Å². The Morgan fingerprint density at radius 2 is 1.52 bits per heavy atom. The van der Waals surface area contributed by atoms with E-state index in [2.05, 4.69) is 19.9 Å². The van der Waals surface area contributed by atoms with Crippen molar-refractivity contribution < 1.29 is 19.1 Å². The number of anilines is 1. The van der Waals surface area contributed by atoms with Crippen LogP contribution in [0.5, 0.6) is 11.5 Å². The van der Waals surface area contributed by atoms with Crippen LogP contribution in [0.2, 0.25) is 0 Å². The molecule has 0 bridgehead atoms. The summed E-state index contributed by atoms with van der Waals surface area (Å²) in [7, 11) is 1.95. The Kier molecular flexibility index (Phi) is 5.05. The second kappa shape index (κ2) is 7.93. The number of carbonyl (C=O) groups excluding carboxylic acids is 2. The SMILES string of the molecule is CN1C(=CC(=O)COC(=O)C2c3ccccc3Oc3ccccc32)C(C)(C)c2ccccc21. The number of nitrogens with zero attached hydrogens (tertiary/aromatic N) is 1. The number of hydrogen-bond acceptors (Lipinski definition) is 5. The first kappa shape index (κ1) is 21.0. The van der Waals surface area contributed by atoms with E-state index in [9.17, 15) is 9.59 Å². The van der Waals surface area contributed by atoms with E-state index < -0.39 is 11.9 Å². The van der Waals surface area contributed by atoms with Crippen molar-refractivity contribution in [3.8, 4) is 11.5 Å². The molecule has 0 atom stereocenters. The molecule has 0 fully saturated rings. The number of benzene rings is 3. The summed E-state index contributed by atoms with van der Waals surface area (Å²) in [5.41, 5.74) is 4.28. The van der Waals surface area contributed by atoms with Gasteiger partial charge in [-0.1, -0.05) is 68.4 Å². The molecule has 0 saturated carbocycles. The molecule has 2 heterocycles. The van der Waals surface area contributed by atoms with Crippen molar-refractivity contribution in [1.29, 1.82) is 0 Å². The Morgan fingerprint density at radius 1 is 0.939 bits per heavy atom. The minimum absolute atomic E-state index is 0.250. The third-order valence-electron chi connectivity index (χ3n) is 6.51. The summed E-state index contributed by atoms with van der Waals surface area (Å²) in [5, 5.41) is 0. The predicted octanol–water partition coefficient (Wildman–Crippen LogP) is 5.35. The summed E-state index contributed by atoms with van der Waals surface area (Å²) in [5.74, 6) is -0.106. The van der Waals surface area contributed by atoms with Gasteiger partial charge in [0.1, 0.15) is 17.4 Å². The van der Waals surface area contributed by atoms with Crippen molar-refractivity contribution in [1.82, 2.24) is 0 Å². The smallest absolute Gasteiger partial charge is 0.318 e. The number of likely N-dealkylation sites (N-methyl/N-ethyl adjacent to an activating group) is 1. The molecule has 0 aromatic heterocycles. The van der Waals surface area contributed by atoms with Crippen molar-refractivity contribution in [2.75, 3.05) is 18.6 Å². The summed E-state index contributed by atoms with van der Waals surface area (Å²) in [4.78, 5) is 28.1. The van der Waals surface area contributed by atoms with Gasteiger partial charge in [0, 0.05) is 41.1 Å². The molecule has 5 rings (SSSR count). The number of allylic oxidation sites excluding steroid dienone is 1. The highest BCUT2D eigenvalue weighted by molar-refractivity contribution is 5.95. The Morgan fingerprint density at radius 3 is 2.15 bits per heavy atom. The van der Waals surface area contributed by atoms with E-state index >= 15 is 0 Å². The Hall–Kier alpha value is -3.86. The van der Waals surface area contributed by atoms with Crippen LogP contribution >= 0.6 is 0 Å². The van der Waals surface area contributed by atoms with E-state index in [1.807, 2.05) is 78.7 Å². The van der Waals surface area contributed by atoms with Gasteiger partial charge in [0.25, 0.3) is 0 Å². The van der Waals surface area contributed by atoms with Crippen LogP contribution in [0.25, 0.3) is 0 Å². The van der Waals surface area contributed by atoms with Crippen LogP contribution in [0.1, 0.15) is 36.5 Å². The zero-order valence-corrected chi connectivity index (χ0v) is 18.9. The molecule has 5 nitrogen and oxygen atoms in total. The van der Waals surface area contributed by atoms with Gasteiger partial charge in [0.15, 0.2) is 12.4 Å². The minimum Gasteiger partial charge on any atom is -0.457 e. The molecule has 0 aliphatic carbocycles. The summed E-state index contributed by atoms with van der Waals surface area (Å²) in [6, 6.07) is 22.9. The average Bonchev–Trinajstić information content (AvgIpc) is 3.01. The van der Waals surface area contributed by atoms with E-state index in [1.54, 1.807) is 6.08 Å². The van der Waals surface area contributed by atoms with Crippen molar-refractivity contribution in [3.05, 3.63) is 101 Å². The Bertz CT molecular complexity index is 1240. The van der Waals surface area contributed by atoms with Gasteiger partial charge in [-0.3, -0.25) is 9.59 Å². The lowest BCUT2D eigenvalue weighted by Crippen LogP contribution is -2.26. The third kappa shape index (κ3) is 3.50. The van der Waals surface area contributed by atoms with Gasteiger partial charge in [-0.25, -0.2) is 0 Å². The molecule has 0 radical (unpaired) electrons. The molecule has 0 N–H and O–H groups in total. The van der Waals surface area contributed by atoms with Crippen molar-refractivity contribution in [2.24, 2.45) is 0 Å². The molecule has 2 aliphatic rings. The maximum absolute atomic E-state index is 13.2. The number of ketones is 1. The normalized spacial score (nSPS) is 17.1. The van der Waals surface area contributed by atoms with E-state index in [0.29, 0.717) is 11.5 Å². The number of hydrogen-bond donors (Lipinski definition) is 0. The highest BCUT2D eigenvalue weighted by Gasteiger charge is 2.39. The van der Waals surface area contributed by atoms with Crippen LogP contribution in [-0.4, -0.2) is 25.4 Å². The molecule has 2 aliphatic heterocycles. The van der Waals surface area contributed by atoms with E-state index in [0.717, 1.165) is 22.5 Å². The lowest BCUT2D eigenvalue weighted by Gasteiger charge is -2.26. The summed E-state index contributed by atoms with van der Waals surface area (Å²) >= 11 is 0. The van der Waals surface area contributed by atoms with Crippen LogP contribution in [0.3, 0.4) is 0 Å². The summed E-state index contributed by atoms with van der Waals surface area (Å²) < 4.78 is 11.5. The largest absolute Gasteiger partial charge is 0.457 e. The fourth-order valence-corrected chi connectivity index (χ4v) is 4.84. The zero-order valence-electron chi connectivity index (χ0n) is 18.9. The molecular weight excluding hydrogens is 414 g/mol. The van der Waals surface area contributed by atoms with Gasteiger partial charge in [-0.2, -0.15) is 0 Å². The van der Waals surface area contributed by atoms with E-state index in [-0.39, 0.29) is 17.8 Å². The Labute approximate surface area is 193 Å². The maximum atomic E-state index is 13.2. The standard InChI is InChI=1S/C28H25NO4/c1-28(2)21-12-6-7-13-22(21)29(3)25(28)16-18(30)17-32-27(31)26-19-10-4-8-14-23(19)33-24-15-9-5-11-20(24)26/h4-16,26H,17H2,1-3H3. The van der Waals surface area contributed by atoms with Gasteiger partial charge >= 0.3 is 5.97 Å². The van der Waals surface area contributed by atoms with Crippen LogP contribution < -0.4 is 9.64 Å². The van der Waals surface area contributed by atoms with Crippen molar-refractivity contribution in [3.63, 3.8) is 0 Å². The molecule has 33 heavy (non-hydrogen) atoms. The molecule has 0 unspecified atom stereocenters. The molecule has 5 heteroatoms. The Balaban J connectivity index is 1.36. The zero-order chi connectivity index (χ0) is 23.2. The van der Waals surface area contributed by atoms with Crippen LogP contribution in [0, 0.1) is 0 Å². The van der Waals surface area contributed by atoms with Gasteiger partial charge < -0.3 is 14.4 Å². The maximum Gasteiger partial charge on any atom is 0.318 e. The molecular formula is C28H25NO4. The fraction of sp³-hybridized carbons (Fsp3) is 0.214. The van der Waals surface area contributed by atoms with Crippen molar-refractivity contribution >= 4 is 17.4 Å². The number of fused-ring (bicyclic) bond motifs is 3. The first-order valence-corrected chi connectivity index (χ1v) is 11.0. The molecule has 3 aromatic carbocycles. The van der Waals surface area contributed by atoms with Gasteiger partial charge in [0.2, 0.25) is 0 Å². The number of esters is 1.